The van der Waals surface area contributed by atoms with E-state index in [0.29, 0.717) is 13.0 Å². The minimum atomic E-state index is -0.983. The number of carbonyl (C=O) groups excluding carboxylic acids is 2. The van der Waals surface area contributed by atoms with Crippen LogP contribution in [0.4, 0.5) is 0 Å². The van der Waals surface area contributed by atoms with Gasteiger partial charge in [-0.25, -0.2) is 10.2 Å². The van der Waals surface area contributed by atoms with Crippen molar-refractivity contribution in [1.29, 1.82) is 0 Å². The number of hydrazone groups is 1. The van der Waals surface area contributed by atoms with Gasteiger partial charge >= 0.3 is 5.97 Å². The van der Waals surface area contributed by atoms with Crippen LogP contribution in [0.3, 0.4) is 0 Å². The number of amides is 2. The number of hydrogen-bond donors (Lipinski definition) is 2. The van der Waals surface area contributed by atoms with Gasteiger partial charge in [-0.05, 0) is 19.3 Å². The fraction of sp³-hybridized carbons (Fsp3) is 0.636. The molecule has 0 unspecified atom stereocenters. The van der Waals surface area contributed by atoms with Gasteiger partial charge in [0.2, 0.25) is 5.91 Å². The summed E-state index contributed by atoms with van der Waals surface area (Å²) >= 11 is 0. The van der Waals surface area contributed by atoms with E-state index in [1.165, 1.54) is 4.90 Å². The second-order valence-electron chi connectivity index (χ2n) is 4.44. The Bertz CT molecular complexity index is 419. The van der Waals surface area contributed by atoms with Gasteiger partial charge in [0.15, 0.2) is 0 Å². The molecule has 2 rings (SSSR count). The van der Waals surface area contributed by atoms with Crippen LogP contribution in [0.2, 0.25) is 0 Å². The highest BCUT2D eigenvalue weighted by atomic mass is 16.4. The van der Waals surface area contributed by atoms with Crippen molar-refractivity contribution < 1.29 is 19.5 Å². The number of aliphatic carboxylic acids is 1. The average molecular weight is 253 g/mol. The number of carboxylic acids is 1. The predicted molar refractivity (Wildman–Crippen MR) is 61.8 cm³/mol. The van der Waals surface area contributed by atoms with Crippen LogP contribution in [0, 0.1) is 0 Å². The lowest BCUT2D eigenvalue weighted by Crippen LogP contribution is -2.51. The lowest BCUT2D eigenvalue weighted by molar-refractivity contribution is -0.149. The number of carbonyl (C=O) groups is 3. The van der Waals surface area contributed by atoms with Gasteiger partial charge in [-0.2, -0.15) is 5.10 Å². The van der Waals surface area contributed by atoms with Crippen LogP contribution in [0.15, 0.2) is 5.10 Å². The Kier molecular flexibility index (Phi) is 3.59. The smallest absolute Gasteiger partial charge is 0.326 e. The van der Waals surface area contributed by atoms with Crippen molar-refractivity contribution in [3.63, 3.8) is 0 Å². The maximum Gasteiger partial charge on any atom is 0.326 e. The standard InChI is InChI=1S/C11H15N3O4/c15-9-5-4-7(12-13-9)10(16)14-6-2-1-3-8(14)11(17)18/h8H,1-6H2,(H,13,15)(H,17,18)/t8-/m1/s1. The topological polar surface area (TPSA) is 99.1 Å². The van der Waals surface area contributed by atoms with Gasteiger partial charge in [0.25, 0.3) is 5.91 Å². The average Bonchev–Trinajstić information content (AvgIpc) is 2.39. The zero-order chi connectivity index (χ0) is 13.1. The van der Waals surface area contributed by atoms with E-state index in [2.05, 4.69) is 10.5 Å². The zero-order valence-electron chi connectivity index (χ0n) is 9.89. The van der Waals surface area contributed by atoms with E-state index in [-0.39, 0.29) is 30.4 Å². The van der Waals surface area contributed by atoms with E-state index in [1.807, 2.05) is 0 Å². The molecule has 2 N–H and O–H groups in total. The van der Waals surface area contributed by atoms with Crippen LogP contribution in [0.1, 0.15) is 32.1 Å². The lowest BCUT2D eigenvalue weighted by Gasteiger charge is -2.33. The molecular formula is C11H15N3O4. The van der Waals surface area contributed by atoms with Gasteiger partial charge in [-0.15, -0.1) is 0 Å². The number of likely N-dealkylation sites (tertiary alicyclic amines) is 1. The van der Waals surface area contributed by atoms with Crippen molar-refractivity contribution in [2.45, 2.75) is 38.1 Å². The molecule has 0 radical (unpaired) electrons. The summed E-state index contributed by atoms with van der Waals surface area (Å²) < 4.78 is 0. The summed E-state index contributed by atoms with van der Waals surface area (Å²) in [5.74, 6) is -1.58. The van der Waals surface area contributed by atoms with Crippen LogP contribution >= 0.6 is 0 Å². The van der Waals surface area contributed by atoms with E-state index in [0.717, 1.165) is 12.8 Å². The highest BCUT2D eigenvalue weighted by Crippen LogP contribution is 2.18. The maximum absolute atomic E-state index is 12.2. The number of piperidine rings is 1. The third kappa shape index (κ3) is 2.49. The van der Waals surface area contributed by atoms with E-state index in [1.54, 1.807) is 0 Å². The number of nitrogens with zero attached hydrogens (tertiary/aromatic N) is 2. The van der Waals surface area contributed by atoms with Crippen LogP contribution in [-0.4, -0.2) is 46.1 Å². The minimum absolute atomic E-state index is 0.218. The van der Waals surface area contributed by atoms with Gasteiger partial charge < -0.3 is 10.0 Å². The third-order valence-electron chi connectivity index (χ3n) is 3.20. The molecule has 1 fully saturated rings. The van der Waals surface area contributed by atoms with Crippen molar-refractivity contribution in [1.82, 2.24) is 10.3 Å². The Balaban J connectivity index is 2.11. The second kappa shape index (κ2) is 5.16. The molecule has 0 spiro atoms. The molecule has 7 nitrogen and oxygen atoms in total. The van der Waals surface area contributed by atoms with Crippen molar-refractivity contribution in [3.8, 4) is 0 Å². The van der Waals surface area contributed by atoms with Gasteiger partial charge in [-0.1, -0.05) is 0 Å². The van der Waals surface area contributed by atoms with Crippen molar-refractivity contribution in [2.24, 2.45) is 5.10 Å². The first-order valence-corrected chi connectivity index (χ1v) is 5.99. The molecule has 0 saturated carbocycles. The van der Waals surface area contributed by atoms with Crippen molar-refractivity contribution in [3.05, 3.63) is 0 Å². The summed E-state index contributed by atoms with van der Waals surface area (Å²) in [6, 6.07) is -0.772. The molecule has 2 aliphatic rings. The molecule has 0 bridgehead atoms. The fourth-order valence-electron chi connectivity index (χ4n) is 2.23. The molecule has 2 heterocycles. The Labute approximate surface area is 104 Å². The molecule has 0 aliphatic carbocycles. The van der Waals surface area contributed by atoms with Gasteiger partial charge in [-0.3, -0.25) is 9.59 Å². The summed E-state index contributed by atoms with van der Waals surface area (Å²) in [6.45, 7) is 0.433. The van der Waals surface area contributed by atoms with E-state index in [9.17, 15) is 14.4 Å². The first-order valence-electron chi connectivity index (χ1n) is 5.99. The Morgan fingerprint density at radius 2 is 2.11 bits per heavy atom. The van der Waals surface area contributed by atoms with Gasteiger partial charge in [0.05, 0.1) is 0 Å². The van der Waals surface area contributed by atoms with Crippen LogP contribution in [0.5, 0.6) is 0 Å². The Morgan fingerprint density at radius 3 is 2.72 bits per heavy atom. The SMILES string of the molecule is O=C1CCC(C(=O)N2CCCC[C@@H]2C(=O)O)=NN1. The number of rotatable bonds is 2. The normalized spacial score (nSPS) is 24.2. The molecule has 7 heteroatoms. The second-order valence-corrected chi connectivity index (χ2v) is 4.44. The monoisotopic (exact) mass is 253 g/mol. The van der Waals surface area contributed by atoms with Crippen LogP contribution in [0.25, 0.3) is 0 Å². The largest absolute Gasteiger partial charge is 0.480 e. The summed E-state index contributed by atoms with van der Waals surface area (Å²) in [5, 5.41) is 12.8. The molecule has 0 aromatic carbocycles. The van der Waals surface area contributed by atoms with Gasteiger partial charge in [0, 0.05) is 19.4 Å². The number of carboxylic acid groups (broad SMARTS) is 1. The van der Waals surface area contributed by atoms with E-state index < -0.39 is 12.0 Å². The summed E-state index contributed by atoms with van der Waals surface area (Å²) in [6.07, 6.45) is 2.57. The van der Waals surface area contributed by atoms with Crippen LogP contribution < -0.4 is 5.43 Å². The molecule has 1 atom stereocenters. The maximum atomic E-state index is 12.2. The molecule has 0 aromatic heterocycles. The number of nitrogens with one attached hydrogen (secondary N) is 1. The summed E-state index contributed by atoms with van der Waals surface area (Å²) in [5.41, 5.74) is 2.49. The summed E-state index contributed by atoms with van der Waals surface area (Å²) in [7, 11) is 0. The number of hydrogen-bond acceptors (Lipinski definition) is 4. The molecule has 18 heavy (non-hydrogen) atoms. The lowest BCUT2D eigenvalue weighted by atomic mass is 10.0. The quantitative estimate of drug-likeness (QED) is 0.706. The highest BCUT2D eigenvalue weighted by Gasteiger charge is 2.34. The predicted octanol–water partition coefficient (Wildman–Crippen LogP) is -0.282. The van der Waals surface area contributed by atoms with Crippen molar-refractivity contribution in [2.75, 3.05) is 6.54 Å². The van der Waals surface area contributed by atoms with Crippen molar-refractivity contribution >= 4 is 23.5 Å². The van der Waals surface area contributed by atoms with Crippen LogP contribution in [-0.2, 0) is 14.4 Å². The fourth-order valence-corrected chi connectivity index (χ4v) is 2.23. The molecule has 2 aliphatic heterocycles. The molecule has 0 aromatic rings. The third-order valence-corrected chi connectivity index (χ3v) is 3.20. The van der Waals surface area contributed by atoms with E-state index >= 15 is 0 Å². The van der Waals surface area contributed by atoms with E-state index in [4.69, 9.17) is 5.11 Å². The highest BCUT2D eigenvalue weighted by molar-refractivity contribution is 6.39. The molecular weight excluding hydrogens is 238 g/mol. The van der Waals surface area contributed by atoms with Gasteiger partial charge in [0.1, 0.15) is 11.8 Å². The summed E-state index contributed by atoms with van der Waals surface area (Å²) in [4.78, 5) is 35.5. The minimum Gasteiger partial charge on any atom is -0.480 e. The Hall–Kier alpha value is -1.92. The first kappa shape index (κ1) is 12.5. The Morgan fingerprint density at radius 1 is 1.33 bits per heavy atom. The first-order chi connectivity index (χ1) is 8.59. The molecule has 1 saturated heterocycles. The molecule has 2 amide bonds. The molecule has 98 valence electrons. The zero-order valence-corrected chi connectivity index (χ0v) is 9.89.